The minimum atomic E-state index is -0.906. The molecule has 1 rings (SSSR count). The first-order chi connectivity index (χ1) is 8.58. The molecule has 1 aromatic rings. The monoisotopic (exact) mass is 253 g/mol. The first kappa shape index (κ1) is 14.3. The number of aryl methyl sites for hydroxylation is 1. The second-order valence-corrected chi connectivity index (χ2v) is 4.17. The third kappa shape index (κ3) is 3.91. The molecule has 0 bridgehead atoms. The zero-order valence-electron chi connectivity index (χ0n) is 10.7. The van der Waals surface area contributed by atoms with Gasteiger partial charge in [0, 0.05) is 12.5 Å². The predicted molar refractivity (Wildman–Crippen MR) is 66.5 cm³/mol. The van der Waals surface area contributed by atoms with Gasteiger partial charge in [-0.3, -0.25) is 9.59 Å². The minimum Gasteiger partial charge on any atom is -0.481 e. The fraction of sp³-hybridized carbons (Fsp3) is 0.538. The Morgan fingerprint density at radius 2 is 2.17 bits per heavy atom. The molecule has 1 amide bonds. The summed E-state index contributed by atoms with van der Waals surface area (Å²) in [5.41, 5.74) is 0.490. The van der Waals surface area contributed by atoms with Crippen molar-refractivity contribution in [3.05, 3.63) is 23.7 Å². The molecule has 5 heteroatoms. The molecule has 0 radical (unpaired) electrons. The van der Waals surface area contributed by atoms with Crippen LogP contribution in [0.3, 0.4) is 0 Å². The first-order valence-corrected chi connectivity index (χ1v) is 6.17. The molecule has 100 valence electrons. The quantitative estimate of drug-likeness (QED) is 0.780. The van der Waals surface area contributed by atoms with Gasteiger partial charge in [-0.25, -0.2) is 0 Å². The lowest BCUT2D eigenvalue weighted by atomic mass is 10.1. The van der Waals surface area contributed by atoms with E-state index in [2.05, 4.69) is 5.32 Å². The highest BCUT2D eigenvalue weighted by atomic mass is 16.4. The number of nitrogens with one attached hydrogen (secondary N) is 1. The van der Waals surface area contributed by atoms with Gasteiger partial charge in [0.25, 0.3) is 5.91 Å². The average molecular weight is 253 g/mol. The van der Waals surface area contributed by atoms with Crippen LogP contribution >= 0.6 is 0 Å². The third-order valence-electron chi connectivity index (χ3n) is 2.70. The molecule has 5 nitrogen and oxygen atoms in total. The molecule has 1 atom stereocenters. The van der Waals surface area contributed by atoms with Gasteiger partial charge in [-0.2, -0.15) is 0 Å². The standard InChI is InChI=1S/C13H19NO4/c1-3-5-9(8-12(15)16)14-13(17)10-6-7-18-11(10)4-2/h6-7,9H,3-5,8H2,1-2H3,(H,14,17)(H,15,16). The number of amides is 1. The van der Waals surface area contributed by atoms with Crippen LogP contribution in [0.25, 0.3) is 0 Å². The van der Waals surface area contributed by atoms with Crippen LogP contribution in [0, 0.1) is 0 Å². The van der Waals surface area contributed by atoms with Crippen LogP contribution in [-0.2, 0) is 11.2 Å². The molecule has 0 aliphatic heterocycles. The Morgan fingerprint density at radius 3 is 2.72 bits per heavy atom. The van der Waals surface area contributed by atoms with Crippen LogP contribution in [0.15, 0.2) is 16.7 Å². The fourth-order valence-electron chi connectivity index (χ4n) is 1.86. The summed E-state index contributed by atoms with van der Waals surface area (Å²) in [6, 6.07) is 1.28. The van der Waals surface area contributed by atoms with E-state index in [0.717, 1.165) is 6.42 Å². The molecule has 0 aliphatic rings. The number of carbonyl (C=O) groups is 2. The molecule has 0 spiro atoms. The molecule has 0 saturated carbocycles. The van der Waals surface area contributed by atoms with Crippen LogP contribution in [0.4, 0.5) is 0 Å². The predicted octanol–water partition coefficient (Wildman–Crippen LogP) is 2.22. The zero-order valence-corrected chi connectivity index (χ0v) is 10.7. The topological polar surface area (TPSA) is 79.5 Å². The van der Waals surface area contributed by atoms with E-state index < -0.39 is 5.97 Å². The van der Waals surface area contributed by atoms with Crippen molar-refractivity contribution in [2.24, 2.45) is 0 Å². The molecule has 1 unspecified atom stereocenters. The Morgan fingerprint density at radius 1 is 1.44 bits per heavy atom. The summed E-state index contributed by atoms with van der Waals surface area (Å²) >= 11 is 0. The van der Waals surface area contributed by atoms with Gasteiger partial charge in [0.2, 0.25) is 0 Å². The van der Waals surface area contributed by atoms with Crippen molar-refractivity contribution < 1.29 is 19.1 Å². The van der Waals surface area contributed by atoms with Crippen molar-refractivity contribution in [1.82, 2.24) is 5.32 Å². The molecule has 0 saturated heterocycles. The van der Waals surface area contributed by atoms with Crippen LogP contribution in [0.5, 0.6) is 0 Å². The highest BCUT2D eigenvalue weighted by Gasteiger charge is 2.19. The number of furan rings is 1. The first-order valence-electron chi connectivity index (χ1n) is 6.17. The van der Waals surface area contributed by atoms with Crippen molar-refractivity contribution in [2.75, 3.05) is 0 Å². The van der Waals surface area contributed by atoms with E-state index >= 15 is 0 Å². The molecule has 18 heavy (non-hydrogen) atoms. The maximum Gasteiger partial charge on any atom is 0.305 e. The number of hydrogen-bond acceptors (Lipinski definition) is 3. The van der Waals surface area contributed by atoms with Crippen molar-refractivity contribution in [3.8, 4) is 0 Å². The molecule has 1 aromatic heterocycles. The Balaban J connectivity index is 2.68. The smallest absolute Gasteiger partial charge is 0.305 e. The lowest BCUT2D eigenvalue weighted by Gasteiger charge is -2.15. The molecular formula is C13H19NO4. The van der Waals surface area contributed by atoms with Crippen LogP contribution in [0.1, 0.15) is 49.2 Å². The van der Waals surface area contributed by atoms with Gasteiger partial charge in [-0.15, -0.1) is 0 Å². The van der Waals surface area contributed by atoms with E-state index in [9.17, 15) is 9.59 Å². The number of carbonyl (C=O) groups excluding carboxylic acids is 1. The summed E-state index contributed by atoms with van der Waals surface area (Å²) in [5, 5.41) is 11.5. The summed E-state index contributed by atoms with van der Waals surface area (Å²) in [4.78, 5) is 22.7. The van der Waals surface area contributed by atoms with Gasteiger partial charge in [-0.1, -0.05) is 20.3 Å². The lowest BCUT2D eigenvalue weighted by Crippen LogP contribution is -2.36. The van der Waals surface area contributed by atoms with Gasteiger partial charge in [0.1, 0.15) is 5.76 Å². The molecule has 2 N–H and O–H groups in total. The maximum absolute atomic E-state index is 12.0. The van der Waals surface area contributed by atoms with Gasteiger partial charge >= 0.3 is 5.97 Å². The van der Waals surface area contributed by atoms with Crippen molar-refractivity contribution >= 4 is 11.9 Å². The normalized spacial score (nSPS) is 12.1. The average Bonchev–Trinajstić information content (AvgIpc) is 2.76. The van der Waals surface area contributed by atoms with Crippen LogP contribution in [-0.4, -0.2) is 23.0 Å². The second kappa shape index (κ2) is 6.83. The number of carboxylic acids is 1. The van der Waals surface area contributed by atoms with E-state index in [4.69, 9.17) is 9.52 Å². The molecule has 0 aromatic carbocycles. The van der Waals surface area contributed by atoms with E-state index in [1.54, 1.807) is 6.07 Å². The van der Waals surface area contributed by atoms with Gasteiger partial charge in [0.15, 0.2) is 0 Å². The summed E-state index contributed by atoms with van der Waals surface area (Å²) in [6.07, 6.45) is 3.52. The van der Waals surface area contributed by atoms with E-state index in [-0.39, 0.29) is 18.4 Å². The Kier molecular flexibility index (Phi) is 5.42. The summed E-state index contributed by atoms with van der Waals surface area (Å²) < 4.78 is 5.18. The number of rotatable bonds is 7. The highest BCUT2D eigenvalue weighted by molar-refractivity contribution is 5.95. The Bertz CT molecular complexity index is 411. The van der Waals surface area contributed by atoms with Crippen LogP contribution < -0.4 is 5.32 Å². The van der Waals surface area contributed by atoms with Crippen molar-refractivity contribution in [2.45, 2.75) is 45.6 Å². The van der Waals surface area contributed by atoms with Crippen molar-refractivity contribution in [3.63, 3.8) is 0 Å². The molecule has 0 fully saturated rings. The maximum atomic E-state index is 12.0. The summed E-state index contributed by atoms with van der Waals surface area (Å²) in [7, 11) is 0. The Hall–Kier alpha value is -1.78. The number of hydrogen-bond donors (Lipinski definition) is 2. The lowest BCUT2D eigenvalue weighted by molar-refractivity contribution is -0.137. The van der Waals surface area contributed by atoms with Gasteiger partial charge < -0.3 is 14.8 Å². The van der Waals surface area contributed by atoms with E-state index in [0.29, 0.717) is 24.2 Å². The van der Waals surface area contributed by atoms with Gasteiger partial charge in [-0.05, 0) is 12.5 Å². The third-order valence-corrected chi connectivity index (χ3v) is 2.70. The largest absolute Gasteiger partial charge is 0.481 e. The van der Waals surface area contributed by atoms with Crippen molar-refractivity contribution in [1.29, 1.82) is 0 Å². The number of carboxylic acid groups (broad SMARTS) is 1. The summed E-state index contributed by atoms with van der Waals surface area (Å²) in [5.74, 6) is -0.546. The van der Waals surface area contributed by atoms with Gasteiger partial charge in [0.05, 0.1) is 18.2 Å². The fourth-order valence-corrected chi connectivity index (χ4v) is 1.86. The SMILES string of the molecule is CCCC(CC(=O)O)NC(=O)c1ccoc1CC. The van der Waals surface area contributed by atoms with E-state index in [1.165, 1.54) is 6.26 Å². The molecule has 1 heterocycles. The number of aliphatic carboxylic acids is 1. The molecular weight excluding hydrogens is 234 g/mol. The summed E-state index contributed by atoms with van der Waals surface area (Å²) in [6.45, 7) is 3.85. The zero-order chi connectivity index (χ0) is 13.5. The second-order valence-electron chi connectivity index (χ2n) is 4.17. The minimum absolute atomic E-state index is 0.0567. The highest BCUT2D eigenvalue weighted by Crippen LogP contribution is 2.12. The Labute approximate surface area is 106 Å². The van der Waals surface area contributed by atoms with E-state index in [1.807, 2.05) is 13.8 Å². The molecule has 0 aliphatic carbocycles. The van der Waals surface area contributed by atoms with Crippen LogP contribution in [0.2, 0.25) is 0 Å².